The highest BCUT2D eigenvalue weighted by molar-refractivity contribution is 5.77. The van der Waals surface area contributed by atoms with E-state index in [2.05, 4.69) is 15.5 Å². The first-order valence-electron chi connectivity index (χ1n) is 7.99. The second kappa shape index (κ2) is 7.61. The van der Waals surface area contributed by atoms with Crippen molar-refractivity contribution in [1.82, 2.24) is 15.5 Å². The lowest BCUT2D eigenvalue weighted by molar-refractivity contribution is -0.123. The van der Waals surface area contributed by atoms with Crippen LogP contribution in [0.4, 0.5) is 0 Å². The van der Waals surface area contributed by atoms with Gasteiger partial charge in [-0.25, -0.2) is 0 Å². The van der Waals surface area contributed by atoms with Crippen molar-refractivity contribution in [2.45, 2.75) is 19.9 Å². The number of para-hydroxylation sites is 1. The molecule has 2 aromatic carbocycles. The molecule has 6 heteroatoms. The number of carbonyl (C=O) groups is 1. The van der Waals surface area contributed by atoms with Crippen LogP contribution in [0.25, 0.3) is 11.4 Å². The number of nitrogens with zero attached hydrogens (tertiary/aromatic N) is 2. The van der Waals surface area contributed by atoms with Crippen LogP contribution in [0, 0.1) is 6.92 Å². The third kappa shape index (κ3) is 4.44. The summed E-state index contributed by atoms with van der Waals surface area (Å²) in [6.45, 7) is 3.71. The van der Waals surface area contributed by atoms with E-state index in [0.717, 1.165) is 11.1 Å². The van der Waals surface area contributed by atoms with Crippen LogP contribution in [0.3, 0.4) is 0 Å². The van der Waals surface area contributed by atoms with E-state index in [1.54, 1.807) is 19.1 Å². The minimum atomic E-state index is -0.405. The van der Waals surface area contributed by atoms with Crippen molar-refractivity contribution < 1.29 is 14.1 Å². The van der Waals surface area contributed by atoms with Crippen molar-refractivity contribution in [3.8, 4) is 17.1 Å². The van der Waals surface area contributed by atoms with Crippen LogP contribution in [0.1, 0.15) is 24.4 Å². The zero-order valence-corrected chi connectivity index (χ0v) is 14.1. The Hall–Kier alpha value is -3.15. The fraction of sp³-hybridized carbons (Fsp3) is 0.211. The van der Waals surface area contributed by atoms with Crippen LogP contribution in [0.2, 0.25) is 0 Å². The molecule has 1 N–H and O–H groups in total. The molecule has 0 aliphatic carbocycles. The number of hydrogen-bond donors (Lipinski definition) is 1. The quantitative estimate of drug-likeness (QED) is 0.747. The Kier molecular flexibility index (Phi) is 5.09. The number of aromatic nitrogens is 2. The molecular weight excluding hydrogens is 318 g/mol. The lowest BCUT2D eigenvalue weighted by Crippen LogP contribution is -2.31. The summed E-state index contributed by atoms with van der Waals surface area (Å²) in [6.07, 6.45) is 0. The summed E-state index contributed by atoms with van der Waals surface area (Å²) in [5.41, 5.74) is 1.99. The third-order valence-corrected chi connectivity index (χ3v) is 3.58. The Balaban J connectivity index is 1.58. The van der Waals surface area contributed by atoms with Crippen LogP contribution in [0.5, 0.6) is 5.75 Å². The molecule has 0 saturated carbocycles. The van der Waals surface area contributed by atoms with Crippen LogP contribution in [0.15, 0.2) is 59.1 Å². The highest BCUT2D eigenvalue weighted by Gasteiger charge is 2.17. The lowest BCUT2D eigenvalue weighted by atomic mass is 10.1. The standard InChI is InChI=1S/C19H19N3O3/c1-13-7-6-8-15(11-13)18-21-19(25-22-18)14(2)20-17(23)12-24-16-9-4-3-5-10-16/h3-11,14H,12H2,1-2H3,(H,20,23)/t14-/m1/s1. The molecule has 0 aliphatic heterocycles. The van der Waals surface area contributed by atoms with E-state index >= 15 is 0 Å². The van der Waals surface area contributed by atoms with Crippen molar-refractivity contribution in [2.24, 2.45) is 0 Å². The van der Waals surface area contributed by atoms with E-state index in [-0.39, 0.29) is 12.5 Å². The molecule has 1 aromatic heterocycles. The monoisotopic (exact) mass is 337 g/mol. The van der Waals surface area contributed by atoms with E-state index in [0.29, 0.717) is 17.5 Å². The molecule has 6 nitrogen and oxygen atoms in total. The van der Waals surface area contributed by atoms with Gasteiger partial charge in [-0.05, 0) is 32.0 Å². The van der Waals surface area contributed by atoms with Crippen LogP contribution in [-0.4, -0.2) is 22.7 Å². The summed E-state index contributed by atoms with van der Waals surface area (Å²) in [5.74, 6) is 1.24. The van der Waals surface area contributed by atoms with Gasteiger partial charge in [0.05, 0.1) is 0 Å². The van der Waals surface area contributed by atoms with E-state index in [4.69, 9.17) is 9.26 Å². The van der Waals surface area contributed by atoms with Gasteiger partial charge in [-0.2, -0.15) is 4.98 Å². The molecule has 0 fully saturated rings. The van der Waals surface area contributed by atoms with Gasteiger partial charge in [0, 0.05) is 5.56 Å². The molecular formula is C19H19N3O3. The van der Waals surface area contributed by atoms with Gasteiger partial charge >= 0.3 is 0 Å². The average molecular weight is 337 g/mol. The van der Waals surface area contributed by atoms with Crippen molar-refractivity contribution in [1.29, 1.82) is 0 Å². The molecule has 3 aromatic rings. The Morgan fingerprint density at radius 1 is 1.20 bits per heavy atom. The second-order valence-electron chi connectivity index (χ2n) is 5.72. The van der Waals surface area contributed by atoms with E-state index in [1.165, 1.54) is 0 Å². The van der Waals surface area contributed by atoms with Gasteiger partial charge in [0.15, 0.2) is 6.61 Å². The molecule has 3 rings (SSSR count). The Bertz CT molecular complexity index is 846. The van der Waals surface area contributed by atoms with Crippen molar-refractivity contribution >= 4 is 5.91 Å². The Morgan fingerprint density at radius 2 is 2.00 bits per heavy atom. The summed E-state index contributed by atoms with van der Waals surface area (Å²) in [7, 11) is 0. The summed E-state index contributed by atoms with van der Waals surface area (Å²) < 4.78 is 10.7. The number of amides is 1. The van der Waals surface area contributed by atoms with E-state index in [1.807, 2.05) is 49.4 Å². The third-order valence-electron chi connectivity index (χ3n) is 3.58. The number of ether oxygens (including phenoxy) is 1. The Labute approximate surface area is 145 Å². The van der Waals surface area contributed by atoms with Crippen LogP contribution in [-0.2, 0) is 4.79 Å². The molecule has 1 heterocycles. The van der Waals surface area contributed by atoms with Crippen molar-refractivity contribution in [2.75, 3.05) is 6.61 Å². The molecule has 0 aliphatic rings. The van der Waals surface area contributed by atoms with E-state index in [9.17, 15) is 4.79 Å². The smallest absolute Gasteiger partial charge is 0.258 e. The number of aryl methyl sites for hydroxylation is 1. The molecule has 1 amide bonds. The first-order chi connectivity index (χ1) is 12.1. The number of rotatable bonds is 6. The van der Waals surface area contributed by atoms with Gasteiger partial charge in [-0.3, -0.25) is 4.79 Å². The minimum absolute atomic E-state index is 0.0762. The molecule has 0 radical (unpaired) electrons. The maximum atomic E-state index is 12.0. The minimum Gasteiger partial charge on any atom is -0.484 e. The van der Waals surface area contributed by atoms with Crippen molar-refractivity contribution in [3.05, 3.63) is 66.1 Å². The van der Waals surface area contributed by atoms with Gasteiger partial charge in [-0.15, -0.1) is 0 Å². The predicted octanol–water partition coefficient (Wildman–Crippen LogP) is 3.30. The average Bonchev–Trinajstić information content (AvgIpc) is 3.11. The molecule has 0 spiro atoms. The fourth-order valence-electron chi connectivity index (χ4n) is 2.32. The molecule has 0 saturated heterocycles. The summed E-state index contributed by atoms with van der Waals surface area (Å²) >= 11 is 0. The van der Waals surface area contributed by atoms with Crippen LogP contribution >= 0.6 is 0 Å². The highest BCUT2D eigenvalue weighted by Crippen LogP contribution is 2.19. The molecule has 25 heavy (non-hydrogen) atoms. The molecule has 0 unspecified atom stereocenters. The number of benzene rings is 2. The normalized spacial score (nSPS) is 11.8. The predicted molar refractivity (Wildman–Crippen MR) is 93.0 cm³/mol. The summed E-state index contributed by atoms with van der Waals surface area (Å²) in [6, 6.07) is 16.6. The zero-order chi connectivity index (χ0) is 17.6. The van der Waals surface area contributed by atoms with Gasteiger partial charge in [0.25, 0.3) is 5.91 Å². The van der Waals surface area contributed by atoms with Crippen molar-refractivity contribution in [3.63, 3.8) is 0 Å². The van der Waals surface area contributed by atoms with Gasteiger partial charge in [0.1, 0.15) is 11.8 Å². The number of nitrogens with one attached hydrogen (secondary N) is 1. The lowest BCUT2D eigenvalue weighted by Gasteiger charge is -2.10. The Morgan fingerprint density at radius 3 is 2.76 bits per heavy atom. The summed E-state index contributed by atoms with van der Waals surface area (Å²) in [4.78, 5) is 16.4. The second-order valence-corrected chi connectivity index (χ2v) is 5.72. The van der Waals surface area contributed by atoms with Gasteiger partial charge < -0.3 is 14.6 Å². The number of carbonyl (C=O) groups excluding carboxylic acids is 1. The molecule has 1 atom stereocenters. The highest BCUT2D eigenvalue weighted by atomic mass is 16.5. The van der Waals surface area contributed by atoms with E-state index < -0.39 is 6.04 Å². The maximum absolute atomic E-state index is 12.0. The number of hydrogen-bond acceptors (Lipinski definition) is 5. The van der Waals surface area contributed by atoms with Gasteiger partial charge in [-0.1, -0.05) is 47.1 Å². The maximum Gasteiger partial charge on any atom is 0.258 e. The largest absolute Gasteiger partial charge is 0.484 e. The fourth-order valence-corrected chi connectivity index (χ4v) is 2.32. The zero-order valence-electron chi connectivity index (χ0n) is 14.1. The summed E-state index contributed by atoms with van der Waals surface area (Å²) in [5, 5.41) is 6.76. The first kappa shape index (κ1) is 16.7. The van der Waals surface area contributed by atoms with Gasteiger partial charge in [0.2, 0.25) is 11.7 Å². The SMILES string of the molecule is Cc1cccc(-c2noc([C@@H](C)NC(=O)COc3ccccc3)n2)c1. The first-order valence-corrected chi connectivity index (χ1v) is 7.99. The topological polar surface area (TPSA) is 77.2 Å². The molecule has 0 bridgehead atoms. The molecule has 128 valence electrons. The van der Waals surface area contributed by atoms with Crippen LogP contribution < -0.4 is 10.1 Å².